The highest BCUT2D eigenvalue weighted by Gasteiger charge is 2.36. The van der Waals surface area contributed by atoms with Crippen molar-refractivity contribution in [2.24, 2.45) is 5.41 Å². The van der Waals surface area contributed by atoms with Gasteiger partial charge in [-0.1, -0.05) is 6.42 Å². The van der Waals surface area contributed by atoms with Crippen LogP contribution in [0.2, 0.25) is 0 Å². The van der Waals surface area contributed by atoms with Gasteiger partial charge in [0.15, 0.2) is 0 Å². The first kappa shape index (κ1) is 11.8. The van der Waals surface area contributed by atoms with E-state index in [4.69, 9.17) is 10.00 Å². The van der Waals surface area contributed by atoms with E-state index in [-0.39, 0.29) is 5.41 Å². The Morgan fingerprint density at radius 2 is 2.24 bits per heavy atom. The van der Waals surface area contributed by atoms with Crippen LogP contribution in [0, 0.1) is 23.7 Å². The summed E-state index contributed by atoms with van der Waals surface area (Å²) in [5.41, 5.74) is 2.04. The number of methoxy groups -OCH3 is 1. The van der Waals surface area contributed by atoms with Crippen LogP contribution in [0.5, 0.6) is 5.75 Å². The van der Waals surface area contributed by atoms with Gasteiger partial charge >= 0.3 is 0 Å². The molecule has 90 valence electrons. The molecule has 0 atom stereocenters. The van der Waals surface area contributed by atoms with E-state index < -0.39 is 0 Å². The smallest absolute Gasteiger partial charge is 0.121 e. The van der Waals surface area contributed by atoms with E-state index in [0.717, 1.165) is 36.4 Å². The molecule has 0 heterocycles. The number of rotatable bonds is 4. The zero-order valence-electron chi connectivity index (χ0n) is 10.4. The number of aryl methyl sites for hydroxylation is 1. The third kappa shape index (κ3) is 2.36. The van der Waals surface area contributed by atoms with Gasteiger partial charge in [0.05, 0.1) is 18.6 Å². The molecule has 0 spiro atoms. The lowest BCUT2D eigenvalue weighted by Gasteiger charge is -2.35. The fourth-order valence-electron chi connectivity index (χ4n) is 2.19. The number of nitrogens with zero attached hydrogens (tertiary/aromatic N) is 1. The Morgan fingerprint density at radius 3 is 2.71 bits per heavy atom. The van der Waals surface area contributed by atoms with Gasteiger partial charge in [-0.05, 0) is 43.5 Å². The predicted molar refractivity (Wildman–Crippen MR) is 68.1 cm³/mol. The number of hydrogen-bond acceptors (Lipinski definition) is 3. The van der Waals surface area contributed by atoms with Gasteiger partial charge in [0.1, 0.15) is 5.75 Å². The quantitative estimate of drug-likeness (QED) is 0.864. The maximum Gasteiger partial charge on any atom is 0.121 e. The summed E-state index contributed by atoms with van der Waals surface area (Å²) in [6.07, 6.45) is 3.22. The van der Waals surface area contributed by atoms with Gasteiger partial charge in [-0.2, -0.15) is 5.26 Å². The molecule has 1 aliphatic rings. The van der Waals surface area contributed by atoms with E-state index >= 15 is 0 Å². The Bertz CT molecular complexity index is 444. The molecule has 2 rings (SSSR count). The maximum atomic E-state index is 9.14. The average molecular weight is 230 g/mol. The number of nitriles is 1. The lowest BCUT2D eigenvalue weighted by molar-refractivity contribution is 0.233. The molecular formula is C14H18N2O. The topological polar surface area (TPSA) is 45.0 Å². The normalized spacial score (nSPS) is 16.8. The first-order valence-electron chi connectivity index (χ1n) is 5.99. The van der Waals surface area contributed by atoms with Crippen molar-refractivity contribution in [2.75, 3.05) is 19.0 Å². The standard InChI is InChI=1S/C14H18N2O/c1-11-8-12(4-5-13(11)17-2)16-10-14(9-15)6-3-7-14/h4-5,8,16H,3,6-7,10H2,1-2H3. The largest absolute Gasteiger partial charge is 0.496 e. The van der Waals surface area contributed by atoms with Gasteiger partial charge in [-0.15, -0.1) is 0 Å². The summed E-state index contributed by atoms with van der Waals surface area (Å²) in [5.74, 6) is 0.897. The molecule has 0 unspecified atom stereocenters. The number of hydrogen-bond donors (Lipinski definition) is 1. The van der Waals surface area contributed by atoms with Crippen LogP contribution in [0.3, 0.4) is 0 Å². The highest BCUT2D eigenvalue weighted by atomic mass is 16.5. The van der Waals surface area contributed by atoms with E-state index in [2.05, 4.69) is 17.5 Å². The second kappa shape index (κ2) is 4.67. The number of nitrogens with one attached hydrogen (secondary N) is 1. The molecule has 1 aliphatic carbocycles. The first-order chi connectivity index (χ1) is 8.19. The predicted octanol–water partition coefficient (Wildman–Crippen LogP) is 3.11. The molecule has 1 saturated carbocycles. The van der Waals surface area contributed by atoms with Crippen LogP contribution in [0.15, 0.2) is 18.2 Å². The number of anilines is 1. The Balaban J connectivity index is 2.00. The molecule has 3 heteroatoms. The van der Waals surface area contributed by atoms with E-state index in [9.17, 15) is 0 Å². The molecule has 1 aromatic rings. The molecule has 0 bridgehead atoms. The summed E-state index contributed by atoms with van der Waals surface area (Å²) in [6, 6.07) is 8.44. The molecule has 17 heavy (non-hydrogen) atoms. The summed E-state index contributed by atoms with van der Waals surface area (Å²) in [5, 5.41) is 12.5. The van der Waals surface area contributed by atoms with E-state index in [1.807, 2.05) is 19.1 Å². The van der Waals surface area contributed by atoms with E-state index in [0.29, 0.717) is 0 Å². The minimum Gasteiger partial charge on any atom is -0.496 e. The summed E-state index contributed by atoms with van der Waals surface area (Å²) in [6.45, 7) is 2.77. The molecule has 1 aromatic carbocycles. The van der Waals surface area contributed by atoms with E-state index in [1.54, 1.807) is 7.11 Å². The minimum atomic E-state index is -0.131. The Morgan fingerprint density at radius 1 is 1.47 bits per heavy atom. The van der Waals surface area contributed by atoms with E-state index in [1.165, 1.54) is 6.42 Å². The maximum absolute atomic E-state index is 9.14. The van der Waals surface area contributed by atoms with Crippen LogP contribution < -0.4 is 10.1 Å². The van der Waals surface area contributed by atoms with Crippen molar-refractivity contribution in [1.29, 1.82) is 5.26 Å². The van der Waals surface area contributed by atoms with Gasteiger partial charge in [0, 0.05) is 12.2 Å². The summed E-state index contributed by atoms with van der Waals surface area (Å²) < 4.78 is 5.22. The molecule has 0 amide bonds. The second-order valence-corrected chi connectivity index (χ2v) is 4.78. The molecule has 0 aromatic heterocycles. The zero-order chi connectivity index (χ0) is 12.3. The van der Waals surface area contributed by atoms with Gasteiger partial charge in [-0.3, -0.25) is 0 Å². The highest BCUT2D eigenvalue weighted by Crippen LogP contribution is 2.40. The number of ether oxygens (including phenoxy) is 1. The van der Waals surface area contributed by atoms with Crippen molar-refractivity contribution in [1.82, 2.24) is 0 Å². The zero-order valence-corrected chi connectivity index (χ0v) is 10.4. The van der Waals surface area contributed by atoms with Gasteiger partial charge < -0.3 is 10.1 Å². The van der Waals surface area contributed by atoms with Crippen molar-refractivity contribution in [2.45, 2.75) is 26.2 Å². The van der Waals surface area contributed by atoms with Gasteiger partial charge in [0.2, 0.25) is 0 Å². The second-order valence-electron chi connectivity index (χ2n) is 4.78. The highest BCUT2D eigenvalue weighted by molar-refractivity contribution is 5.51. The molecule has 1 N–H and O–H groups in total. The lowest BCUT2D eigenvalue weighted by atomic mass is 9.70. The Labute approximate surface area is 102 Å². The molecule has 1 fully saturated rings. The fraction of sp³-hybridized carbons (Fsp3) is 0.500. The van der Waals surface area contributed by atoms with Crippen molar-refractivity contribution in [3.8, 4) is 11.8 Å². The third-order valence-corrected chi connectivity index (χ3v) is 3.57. The molecule has 0 aliphatic heterocycles. The van der Waals surface area contributed by atoms with Gasteiger partial charge in [-0.25, -0.2) is 0 Å². The number of benzene rings is 1. The van der Waals surface area contributed by atoms with Crippen LogP contribution in [0.25, 0.3) is 0 Å². The Hall–Kier alpha value is -1.69. The van der Waals surface area contributed by atoms with Crippen LogP contribution in [0.1, 0.15) is 24.8 Å². The van der Waals surface area contributed by atoms with Crippen molar-refractivity contribution in [3.63, 3.8) is 0 Å². The summed E-state index contributed by atoms with van der Waals surface area (Å²) >= 11 is 0. The van der Waals surface area contributed by atoms with Gasteiger partial charge in [0.25, 0.3) is 0 Å². The van der Waals surface area contributed by atoms with Crippen LogP contribution in [0.4, 0.5) is 5.69 Å². The SMILES string of the molecule is COc1ccc(NCC2(C#N)CCC2)cc1C. The molecular weight excluding hydrogens is 212 g/mol. The monoisotopic (exact) mass is 230 g/mol. The summed E-state index contributed by atoms with van der Waals surface area (Å²) in [4.78, 5) is 0. The first-order valence-corrected chi connectivity index (χ1v) is 5.99. The lowest BCUT2D eigenvalue weighted by Crippen LogP contribution is -2.35. The van der Waals surface area contributed by atoms with Crippen LogP contribution in [-0.2, 0) is 0 Å². The van der Waals surface area contributed by atoms with Crippen molar-refractivity contribution < 1.29 is 4.74 Å². The van der Waals surface area contributed by atoms with Crippen molar-refractivity contribution in [3.05, 3.63) is 23.8 Å². The minimum absolute atomic E-state index is 0.131. The summed E-state index contributed by atoms with van der Waals surface area (Å²) in [7, 11) is 1.68. The fourth-order valence-corrected chi connectivity index (χ4v) is 2.19. The third-order valence-electron chi connectivity index (χ3n) is 3.57. The molecule has 0 saturated heterocycles. The Kier molecular flexibility index (Phi) is 3.23. The van der Waals surface area contributed by atoms with Crippen molar-refractivity contribution >= 4 is 5.69 Å². The molecule has 3 nitrogen and oxygen atoms in total. The van der Waals surface area contributed by atoms with Crippen LogP contribution >= 0.6 is 0 Å². The van der Waals surface area contributed by atoms with Crippen LogP contribution in [-0.4, -0.2) is 13.7 Å². The molecule has 0 radical (unpaired) electrons. The average Bonchev–Trinajstić information content (AvgIpc) is 2.28.